The van der Waals surface area contributed by atoms with Crippen LogP contribution in [0.1, 0.15) is 251 Å². The van der Waals surface area contributed by atoms with Gasteiger partial charge in [0.15, 0.2) is 6.29 Å². The van der Waals surface area contributed by atoms with Crippen molar-refractivity contribution >= 4 is 5.91 Å². The zero-order valence-electron chi connectivity index (χ0n) is 40.3. The van der Waals surface area contributed by atoms with Gasteiger partial charge in [0.25, 0.3) is 0 Å². The molecule has 8 atom stereocenters. The number of unbranched alkanes of at least 4 members (excludes halogenated alkanes) is 32. The molecule has 0 aromatic carbocycles. The quantitative estimate of drug-likeness (QED) is 0.0232. The number of carbonyl (C=O) groups excluding carboxylic acids is 1. The van der Waals surface area contributed by atoms with Gasteiger partial charge in [-0.3, -0.25) is 4.79 Å². The standard InChI is InChI=1S/C52H101NO9/c1-3-5-7-9-11-13-15-16-17-18-19-20-21-22-23-24-25-26-27-28-29-31-33-35-37-39-41-46(56)51(60)53-44(43-61-52-50(59)49(58)48(57)47(42-54)62-52)45(55)40-38-36-34-32-30-14-12-10-8-6-4-2/h22-23,44-50,52,54-59H,3-21,24-43H2,1-2H3,(H,53,60)/b23-22-. The molecule has 1 aliphatic heterocycles. The SMILES string of the molecule is CCCCCCCCCCCCCC/C=C\CCCCCCCCCCCCC(O)C(=O)NC(COC1OC(CO)C(O)C(O)C1O)C(O)CCCCCCCCCCCCC. The van der Waals surface area contributed by atoms with Crippen molar-refractivity contribution in [3.05, 3.63) is 12.2 Å². The molecule has 368 valence electrons. The summed E-state index contributed by atoms with van der Waals surface area (Å²) >= 11 is 0. The summed E-state index contributed by atoms with van der Waals surface area (Å²) in [4.78, 5) is 13.1. The summed E-state index contributed by atoms with van der Waals surface area (Å²) in [6.45, 7) is 3.67. The molecule has 1 amide bonds. The van der Waals surface area contributed by atoms with Crippen molar-refractivity contribution in [1.82, 2.24) is 5.32 Å². The smallest absolute Gasteiger partial charge is 0.249 e. The van der Waals surface area contributed by atoms with Gasteiger partial charge in [0.1, 0.15) is 30.5 Å². The fourth-order valence-corrected chi connectivity index (χ4v) is 8.63. The second-order valence-electron chi connectivity index (χ2n) is 18.8. The van der Waals surface area contributed by atoms with Gasteiger partial charge in [-0.05, 0) is 38.5 Å². The number of aliphatic hydroxyl groups excluding tert-OH is 6. The summed E-state index contributed by atoms with van der Waals surface area (Å²) in [7, 11) is 0. The van der Waals surface area contributed by atoms with Crippen LogP contribution in [0, 0.1) is 0 Å². The molecule has 1 aliphatic rings. The third-order valence-electron chi connectivity index (χ3n) is 13.0. The van der Waals surface area contributed by atoms with Crippen LogP contribution in [0.25, 0.3) is 0 Å². The van der Waals surface area contributed by atoms with Gasteiger partial charge in [0, 0.05) is 0 Å². The highest BCUT2D eigenvalue weighted by Crippen LogP contribution is 2.23. The molecule has 1 fully saturated rings. The number of aliphatic hydroxyl groups is 6. The minimum atomic E-state index is -1.59. The lowest BCUT2D eigenvalue weighted by Crippen LogP contribution is -2.60. The van der Waals surface area contributed by atoms with Crippen LogP contribution in [-0.2, 0) is 14.3 Å². The minimum Gasteiger partial charge on any atom is -0.394 e. The monoisotopic (exact) mass is 884 g/mol. The molecule has 0 aliphatic carbocycles. The Kier molecular flexibility index (Phi) is 40.4. The van der Waals surface area contributed by atoms with E-state index in [0.29, 0.717) is 12.8 Å². The number of hydrogen-bond donors (Lipinski definition) is 7. The second kappa shape index (κ2) is 42.5. The maximum absolute atomic E-state index is 13.1. The zero-order valence-corrected chi connectivity index (χ0v) is 40.3. The molecule has 1 saturated heterocycles. The number of hydrogen-bond acceptors (Lipinski definition) is 9. The van der Waals surface area contributed by atoms with E-state index in [2.05, 4.69) is 31.3 Å². The largest absolute Gasteiger partial charge is 0.394 e. The first-order valence-electron chi connectivity index (χ1n) is 26.5. The van der Waals surface area contributed by atoms with Crippen LogP contribution in [0.2, 0.25) is 0 Å². The molecule has 0 spiro atoms. The third kappa shape index (κ3) is 31.7. The predicted octanol–water partition coefficient (Wildman–Crippen LogP) is 11.0. The van der Waals surface area contributed by atoms with Gasteiger partial charge in [-0.1, -0.05) is 225 Å². The summed E-state index contributed by atoms with van der Waals surface area (Å²) in [6.07, 6.45) is 40.0. The topological polar surface area (TPSA) is 169 Å². The number of rotatable bonds is 45. The van der Waals surface area contributed by atoms with Crippen molar-refractivity contribution in [1.29, 1.82) is 0 Å². The molecule has 0 aromatic heterocycles. The van der Waals surface area contributed by atoms with Gasteiger partial charge in [0.05, 0.1) is 25.4 Å². The van der Waals surface area contributed by atoms with E-state index in [9.17, 15) is 35.4 Å². The Morgan fingerprint density at radius 2 is 0.903 bits per heavy atom. The van der Waals surface area contributed by atoms with Crippen molar-refractivity contribution in [2.45, 2.75) is 300 Å². The fourth-order valence-electron chi connectivity index (χ4n) is 8.63. The lowest BCUT2D eigenvalue weighted by molar-refractivity contribution is -0.302. The number of amides is 1. The minimum absolute atomic E-state index is 0.253. The lowest BCUT2D eigenvalue weighted by atomic mass is 9.99. The molecule has 8 unspecified atom stereocenters. The maximum Gasteiger partial charge on any atom is 0.249 e. The molecule has 10 nitrogen and oxygen atoms in total. The van der Waals surface area contributed by atoms with E-state index >= 15 is 0 Å². The highest BCUT2D eigenvalue weighted by Gasteiger charge is 2.44. The Morgan fingerprint density at radius 1 is 0.532 bits per heavy atom. The van der Waals surface area contributed by atoms with Gasteiger partial charge in [0.2, 0.25) is 5.91 Å². The van der Waals surface area contributed by atoms with E-state index < -0.39 is 61.5 Å². The molecule has 10 heteroatoms. The molecule has 0 radical (unpaired) electrons. The van der Waals surface area contributed by atoms with Gasteiger partial charge in [-0.25, -0.2) is 0 Å². The summed E-state index contributed by atoms with van der Waals surface area (Å²) in [6, 6.07) is -0.891. The van der Waals surface area contributed by atoms with Crippen molar-refractivity contribution in [2.24, 2.45) is 0 Å². The van der Waals surface area contributed by atoms with Crippen molar-refractivity contribution in [2.75, 3.05) is 13.2 Å². The number of ether oxygens (including phenoxy) is 2. The first-order chi connectivity index (χ1) is 30.3. The Balaban J connectivity index is 2.21. The number of carbonyl (C=O) groups is 1. The molecule has 1 rings (SSSR count). The van der Waals surface area contributed by atoms with Crippen LogP contribution in [0.5, 0.6) is 0 Å². The van der Waals surface area contributed by atoms with E-state index in [1.165, 1.54) is 173 Å². The summed E-state index contributed by atoms with van der Waals surface area (Å²) in [5.41, 5.74) is 0. The normalized spacial score (nSPS) is 20.8. The summed E-state index contributed by atoms with van der Waals surface area (Å²) in [5.74, 6) is -0.583. The summed E-state index contributed by atoms with van der Waals surface area (Å²) in [5, 5.41) is 64.9. The van der Waals surface area contributed by atoms with Crippen LogP contribution >= 0.6 is 0 Å². The molecule has 62 heavy (non-hydrogen) atoms. The van der Waals surface area contributed by atoms with E-state index in [1.807, 2.05) is 0 Å². The molecule has 0 saturated carbocycles. The molecule has 0 aromatic rings. The Labute approximate surface area is 380 Å². The zero-order chi connectivity index (χ0) is 45.3. The van der Waals surface area contributed by atoms with Gasteiger partial charge < -0.3 is 45.4 Å². The molecular weight excluding hydrogens is 783 g/mol. The molecule has 7 N–H and O–H groups in total. The number of nitrogens with one attached hydrogen (secondary N) is 1. The lowest BCUT2D eigenvalue weighted by Gasteiger charge is -2.40. The highest BCUT2D eigenvalue weighted by molar-refractivity contribution is 5.80. The average molecular weight is 884 g/mol. The Morgan fingerprint density at radius 3 is 1.31 bits per heavy atom. The highest BCUT2D eigenvalue weighted by atomic mass is 16.7. The average Bonchev–Trinajstić information content (AvgIpc) is 3.27. The van der Waals surface area contributed by atoms with E-state index in [0.717, 1.165) is 51.4 Å². The van der Waals surface area contributed by atoms with Crippen LogP contribution in [0.4, 0.5) is 0 Å². The van der Waals surface area contributed by atoms with E-state index in [1.54, 1.807) is 0 Å². The molecular formula is C52H101NO9. The Bertz CT molecular complexity index is 999. The third-order valence-corrected chi connectivity index (χ3v) is 13.0. The maximum atomic E-state index is 13.1. The first-order valence-corrected chi connectivity index (χ1v) is 26.5. The van der Waals surface area contributed by atoms with Crippen molar-refractivity contribution < 1.29 is 44.9 Å². The van der Waals surface area contributed by atoms with Gasteiger partial charge in [-0.2, -0.15) is 0 Å². The number of allylic oxidation sites excluding steroid dienone is 2. The molecule has 1 heterocycles. The van der Waals surface area contributed by atoms with E-state index in [4.69, 9.17) is 9.47 Å². The summed E-state index contributed by atoms with van der Waals surface area (Å²) < 4.78 is 11.2. The van der Waals surface area contributed by atoms with Crippen molar-refractivity contribution in [3.8, 4) is 0 Å². The first kappa shape index (κ1) is 58.9. The van der Waals surface area contributed by atoms with Crippen LogP contribution in [0.3, 0.4) is 0 Å². The van der Waals surface area contributed by atoms with Gasteiger partial charge in [-0.15, -0.1) is 0 Å². The van der Waals surface area contributed by atoms with Gasteiger partial charge >= 0.3 is 0 Å². The molecule has 0 bridgehead atoms. The van der Waals surface area contributed by atoms with Crippen LogP contribution < -0.4 is 5.32 Å². The second-order valence-corrected chi connectivity index (χ2v) is 18.8. The van der Waals surface area contributed by atoms with Crippen molar-refractivity contribution in [3.63, 3.8) is 0 Å². The fraction of sp³-hybridized carbons (Fsp3) is 0.942. The Hall–Kier alpha value is -1.11. The van der Waals surface area contributed by atoms with Crippen LogP contribution in [0.15, 0.2) is 12.2 Å². The van der Waals surface area contributed by atoms with Crippen LogP contribution in [-0.4, -0.2) is 98.7 Å². The van der Waals surface area contributed by atoms with E-state index in [-0.39, 0.29) is 6.61 Å². The predicted molar refractivity (Wildman–Crippen MR) is 255 cm³/mol.